The van der Waals surface area contributed by atoms with Crippen molar-refractivity contribution in [2.75, 3.05) is 0 Å². The SMILES string of the molecule is CCC(C)(CC)C(=O)/C=C(\O)C(C)(CC)CC.[2H]c1nc(-c2[c-]c3ccccc3c(C(C)(C)C)c2)c2sc3c(C)[c]([Ge]([CH3])([CH3])[CH3])ccc3c2n1.[Ir]. The molecule has 0 aliphatic carbocycles. The van der Waals surface area contributed by atoms with Gasteiger partial charge in [0.25, 0.3) is 0 Å². The van der Waals surface area contributed by atoms with Crippen LogP contribution < -0.4 is 4.40 Å². The van der Waals surface area contributed by atoms with Gasteiger partial charge in [-0.15, -0.1) is 0 Å². The summed E-state index contributed by atoms with van der Waals surface area (Å²) in [6, 6.07) is 18.8. The molecule has 0 atom stereocenters. The van der Waals surface area contributed by atoms with E-state index in [9.17, 15) is 9.90 Å². The van der Waals surface area contributed by atoms with Crippen LogP contribution in [-0.4, -0.2) is 34.1 Å². The predicted molar refractivity (Wildman–Crippen MR) is 216 cm³/mol. The van der Waals surface area contributed by atoms with Gasteiger partial charge in [-0.1, -0.05) is 41.5 Å². The zero-order chi connectivity index (χ0) is 37.4. The summed E-state index contributed by atoms with van der Waals surface area (Å²) < 4.78 is 12.3. The van der Waals surface area contributed by atoms with Crippen molar-refractivity contribution in [1.82, 2.24) is 9.97 Å². The Morgan fingerprint density at radius 2 is 1.50 bits per heavy atom. The molecule has 4 nitrogen and oxygen atoms in total. The molecule has 0 saturated carbocycles. The third kappa shape index (κ3) is 8.46. The van der Waals surface area contributed by atoms with Gasteiger partial charge in [0.2, 0.25) is 0 Å². The Morgan fingerprint density at radius 3 is 2.06 bits per heavy atom. The Balaban J connectivity index is 0.000000335. The molecule has 271 valence electrons. The van der Waals surface area contributed by atoms with Gasteiger partial charge in [-0.3, -0.25) is 4.79 Å². The Bertz CT molecular complexity index is 2060. The van der Waals surface area contributed by atoms with Gasteiger partial charge in [0, 0.05) is 37.0 Å². The van der Waals surface area contributed by atoms with E-state index in [1.54, 1.807) is 11.3 Å². The fraction of sp³-hybridized carbons (Fsp3) is 0.465. The summed E-state index contributed by atoms with van der Waals surface area (Å²) >= 11 is -0.231. The molecule has 0 spiro atoms. The van der Waals surface area contributed by atoms with E-state index in [1.165, 1.54) is 31.7 Å². The number of fused-ring (bicyclic) bond motifs is 4. The Labute approximate surface area is 322 Å². The number of aliphatic hydroxyl groups is 1. The first-order chi connectivity index (χ1) is 23.2. The minimum atomic E-state index is -2.00. The fourth-order valence-electron chi connectivity index (χ4n) is 6.39. The summed E-state index contributed by atoms with van der Waals surface area (Å²) in [6.45, 7) is 21.1. The molecule has 2 heterocycles. The topological polar surface area (TPSA) is 63.1 Å². The second-order valence-electron chi connectivity index (χ2n) is 16.1. The van der Waals surface area contributed by atoms with Gasteiger partial charge in [0.05, 0.1) is 0 Å². The fourth-order valence-corrected chi connectivity index (χ4v) is 11.7. The molecule has 1 radical (unpaired) electrons. The van der Waals surface area contributed by atoms with Crippen LogP contribution in [0.25, 0.3) is 42.3 Å². The smallest absolute Gasteiger partial charge is 0 e. The van der Waals surface area contributed by atoms with Gasteiger partial charge in [-0.05, 0) is 25.7 Å². The zero-order valence-corrected chi connectivity index (χ0v) is 37.7. The van der Waals surface area contributed by atoms with Crippen LogP contribution in [0, 0.1) is 23.8 Å². The molecular weight excluding hydrogens is 873 g/mol. The maximum Gasteiger partial charge on any atom is 0 e. The third-order valence-electron chi connectivity index (χ3n) is 10.9. The Kier molecular flexibility index (Phi) is 13.0. The number of carbonyl (C=O) groups is 1. The molecule has 5 rings (SSSR count). The van der Waals surface area contributed by atoms with Crippen LogP contribution in [0.1, 0.15) is 100 Å². The van der Waals surface area contributed by atoms with Crippen LogP contribution in [0.3, 0.4) is 0 Å². The van der Waals surface area contributed by atoms with Crippen molar-refractivity contribution in [3.8, 4) is 11.3 Å². The molecule has 5 aromatic rings. The van der Waals surface area contributed by atoms with E-state index < -0.39 is 13.3 Å². The predicted octanol–water partition coefficient (Wildman–Crippen LogP) is 12.3. The van der Waals surface area contributed by atoms with Crippen molar-refractivity contribution >= 4 is 65.9 Å². The number of hydrogen-bond donors (Lipinski definition) is 1. The molecule has 0 fully saturated rings. The number of nitrogens with zero attached hydrogens (tertiary/aromatic N) is 2. The summed E-state index contributed by atoms with van der Waals surface area (Å²) in [4.78, 5) is 21.4. The van der Waals surface area contributed by atoms with Gasteiger partial charge in [0.1, 0.15) is 5.76 Å². The molecule has 0 saturated heterocycles. The number of thiophene rings is 1. The summed E-state index contributed by atoms with van der Waals surface area (Å²) in [7, 11) is 0. The van der Waals surface area contributed by atoms with Crippen molar-refractivity contribution in [3.05, 3.63) is 77.8 Å². The van der Waals surface area contributed by atoms with Crippen LogP contribution in [-0.2, 0) is 30.3 Å². The van der Waals surface area contributed by atoms with Gasteiger partial charge >= 0.3 is 199 Å². The number of hydrogen-bond acceptors (Lipinski definition) is 5. The van der Waals surface area contributed by atoms with Gasteiger partial charge in [-0.2, -0.15) is 0 Å². The number of benzene rings is 3. The first-order valence-corrected chi connectivity index (χ1v) is 26.0. The van der Waals surface area contributed by atoms with E-state index in [-0.39, 0.29) is 54.2 Å². The Morgan fingerprint density at radius 1 is 0.900 bits per heavy atom. The van der Waals surface area contributed by atoms with E-state index >= 15 is 0 Å². The van der Waals surface area contributed by atoms with E-state index in [0.29, 0.717) is 0 Å². The maximum atomic E-state index is 12.2. The zero-order valence-electron chi connectivity index (χ0n) is 33.4. The average Bonchev–Trinajstić information content (AvgIpc) is 3.45. The van der Waals surface area contributed by atoms with Gasteiger partial charge < -0.3 is 5.11 Å². The molecule has 7 heteroatoms. The summed E-state index contributed by atoms with van der Waals surface area (Å²) in [5.74, 6) is 7.60. The molecule has 1 N–H and O–H groups in total. The number of aliphatic hydroxyl groups excluding tert-OH is 1. The Hall–Kier alpha value is -2.38. The van der Waals surface area contributed by atoms with Crippen molar-refractivity contribution in [1.29, 1.82) is 0 Å². The van der Waals surface area contributed by atoms with E-state index in [2.05, 4.69) is 103 Å². The monoisotopic (exact) mass is 933 g/mol. The molecule has 0 bridgehead atoms. The first kappa shape index (κ1) is 40.4. The van der Waals surface area contributed by atoms with Crippen LogP contribution in [0.5, 0.6) is 0 Å². The maximum absolute atomic E-state index is 12.2. The number of carbonyl (C=O) groups excluding carboxylic acids is 1. The van der Waals surface area contributed by atoms with E-state index in [0.717, 1.165) is 57.9 Å². The molecular formula is C43H57GeIrN2O2S-. The molecule has 2 aromatic heterocycles. The molecule has 3 aromatic carbocycles. The van der Waals surface area contributed by atoms with Crippen LogP contribution in [0.2, 0.25) is 17.3 Å². The number of rotatable bonds is 9. The van der Waals surface area contributed by atoms with Crippen molar-refractivity contribution in [2.45, 2.75) is 118 Å². The second-order valence-corrected chi connectivity index (χ2v) is 27.7. The van der Waals surface area contributed by atoms with Crippen LogP contribution >= 0.6 is 11.3 Å². The molecule has 50 heavy (non-hydrogen) atoms. The van der Waals surface area contributed by atoms with Crippen molar-refractivity contribution < 1.29 is 31.4 Å². The minimum Gasteiger partial charge on any atom is 0 e. The quantitative estimate of drug-likeness (QED) is 0.0692. The summed E-state index contributed by atoms with van der Waals surface area (Å²) in [6.07, 6.45) is 4.82. The number of aryl methyl sites for hydroxylation is 1. The number of aromatic nitrogens is 2. The molecule has 0 aliphatic heterocycles. The first-order valence-electron chi connectivity index (χ1n) is 18.4. The standard InChI is InChI=1S/C28H29GeN2S.C15H28O2.Ir/c1-17-23(29(5,6)7)13-12-21-25-27(32-26(17)21)24(30-16-31-25)19-14-18-10-8-9-11-20(18)22(15-19)28(2,3)4;1-7-14(5,8-2)12(16)11-13(17)15(6,9-3)10-4;/h8-13,15-16H,1-7H3;11,16H,7-10H2,1-6H3;/q-1;;/b;12-11-;/i16D;;. The largest absolute Gasteiger partial charge is 0 e. The third-order valence-corrected chi connectivity index (χ3v) is 16.7. The molecule has 0 amide bonds. The summed E-state index contributed by atoms with van der Waals surface area (Å²) in [5, 5.41) is 13.6. The van der Waals surface area contributed by atoms with E-state index in [1.807, 2.05) is 41.5 Å². The number of ketones is 1. The van der Waals surface area contributed by atoms with Crippen molar-refractivity contribution in [3.63, 3.8) is 0 Å². The number of allylic oxidation sites excluding steroid dienone is 2. The van der Waals surface area contributed by atoms with Crippen LogP contribution in [0.15, 0.2) is 60.6 Å². The molecule has 0 unspecified atom stereocenters. The minimum absolute atomic E-state index is 0. The van der Waals surface area contributed by atoms with Crippen molar-refractivity contribution in [2.24, 2.45) is 10.8 Å². The van der Waals surface area contributed by atoms with Gasteiger partial charge in [-0.25, -0.2) is 0 Å². The average molecular weight is 932 g/mol. The molecule has 0 aliphatic rings. The normalized spacial score (nSPS) is 13.2. The summed E-state index contributed by atoms with van der Waals surface area (Å²) in [5.41, 5.74) is 4.67. The van der Waals surface area contributed by atoms with E-state index in [4.69, 9.17) is 1.37 Å². The van der Waals surface area contributed by atoms with Gasteiger partial charge in [0.15, 0.2) is 5.78 Å². The van der Waals surface area contributed by atoms with Crippen LogP contribution in [0.4, 0.5) is 0 Å². The second kappa shape index (κ2) is 16.1.